The van der Waals surface area contributed by atoms with Gasteiger partial charge >= 0.3 is 0 Å². The molecular weight excluding hydrogens is 170 g/mol. The highest BCUT2D eigenvalue weighted by molar-refractivity contribution is 5.95. The number of hydrogen-bond donors (Lipinski definition) is 1. The molecule has 0 fully saturated rings. The van der Waals surface area contributed by atoms with Crippen molar-refractivity contribution in [3.63, 3.8) is 0 Å². The van der Waals surface area contributed by atoms with Crippen molar-refractivity contribution < 1.29 is 9.53 Å². The second kappa shape index (κ2) is 4.39. The van der Waals surface area contributed by atoms with E-state index in [1.165, 1.54) is 6.21 Å². The molecular formula is C8H11N3O2. The van der Waals surface area contributed by atoms with E-state index in [2.05, 4.69) is 22.0 Å². The molecule has 0 aromatic carbocycles. The van der Waals surface area contributed by atoms with Gasteiger partial charge in [-0.15, -0.1) is 0 Å². The Kier molecular flexibility index (Phi) is 3.19. The van der Waals surface area contributed by atoms with E-state index in [1.807, 2.05) is 0 Å². The van der Waals surface area contributed by atoms with Crippen LogP contribution >= 0.6 is 0 Å². The van der Waals surface area contributed by atoms with Crippen LogP contribution in [0.15, 0.2) is 21.6 Å². The maximum absolute atomic E-state index is 11.3. The predicted molar refractivity (Wildman–Crippen MR) is 49.7 cm³/mol. The molecule has 13 heavy (non-hydrogen) atoms. The van der Waals surface area contributed by atoms with Crippen LogP contribution in [0, 0.1) is 0 Å². The number of aliphatic imine (C=N–C) groups is 2. The van der Waals surface area contributed by atoms with E-state index in [-0.39, 0.29) is 17.5 Å². The van der Waals surface area contributed by atoms with E-state index in [0.29, 0.717) is 13.2 Å². The number of hydrogen-bond acceptors (Lipinski definition) is 4. The molecule has 0 radical (unpaired) electrons. The highest BCUT2D eigenvalue weighted by Gasteiger charge is 2.17. The number of ether oxygens (including phenoxy) is 1. The largest absolute Gasteiger partial charge is 0.474 e. The maximum atomic E-state index is 11.3. The van der Waals surface area contributed by atoms with Crippen LogP contribution in [0.2, 0.25) is 0 Å². The molecule has 1 heterocycles. The van der Waals surface area contributed by atoms with Gasteiger partial charge in [-0.25, -0.2) is 4.99 Å². The Balaban J connectivity index is 3.03. The lowest BCUT2D eigenvalue weighted by Gasteiger charge is -2.01. The second-order valence-corrected chi connectivity index (χ2v) is 2.30. The summed E-state index contributed by atoms with van der Waals surface area (Å²) < 4.78 is 5.14. The number of rotatable bonds is 2. The van der Waals surface area contributed by atoms with Gasteiger partial charge < -0.3 is 10.1 Å². The quantitative estimate of drug-likeness (QED) is 0.614. The monoisotopic (exact) mass is 181 g/mol. The summed E-state index contributed by atoms with van der Waals surface area (Å²) >= 11 is 0. The minimum Gasteiger partial charge on any atom is -0.474 e. The normalized spacial score (nSPS) is 18.1. The topological polar surface area (TPSA) is 63.0 Å². The van der Waals surface area contributed by atoms with E-state index in [4.69, 9.17) is 4.74 Å². The van der Waals surface area contributed by atoms with Gasteiger partial charge in [-0.2, -0.15) is 0 Å². The molecule has 1 amide bonds. The van der Waals surface area contributed by atoms with Crippen molar-refractivity contribution in [3.05, 3.63) is 11.6 Å². The maximum Gasteiger partial charge on any atom is 0.275 e. The molecule has 0 saturated carbocycles. The fourth-order valence-corrected chi connectivity index (χ4v) is 0.925. The summed E-state index contributed by atoms with van der Waals surface area (Å²) in [4.78, 5) is 18.8. The summed E-state index contributed by atoms with van der Waals surface area (Å²) in [7, 11) is 0. The van der Waals surface area contributed by atoms with Gasteiger partial charge in [0.05, 0.1) is 6.54 Å². The highest BCUT2D eigenvalue weighted by atomic mass is 16.5. The average molecular weight is 181 g/mol. The molecule has 5 heteroatoms. The molecule has 0 aromatic heterocycles. The summed E-state index contributed by atoms with van der Waals surface area (Å²) in [6.45, 7) is 5.87. The Morgan fingerprint density at radius 1 is 1.69 bits per heavy atom. The summed E-state index contributed by atoms with van der Waals surface area (Å²) in [5, 5.41) is 2.62. The summed E-state index contributed by atoms with van der Waals surface area (Å²) in [5.41, 5.74) is 0.176. The lowest BCUT2D eigenvalue weighted by Crippen LogP contribution is -2.25. The molecule has 1 N–H and O–H groups in total. The fraction of sp³-hybridized carbons (Fsp3) is 0.375. The van der Waals surface area contributed by atoms with Gasteiger partial charge in [-0.05, 0) is 13.6 Å². The van der Waals surface area contributed by atoms with Crippen LogP contribution in [0.4, 0.5) is 0 Å². The lowest BCUT2D eigenvalue weighted by atomic mass is 10.4. The molecule has 0 saturated heterocycles. The third-order valence-corrected chi connectivity index (χ3v) is 1.45. The highest BCUT2D eigenvalue weighted by Crippen LogP contribution is 2.11. The predicted octanol–water partition coefficient (Wildman–Crippen LogP) is 0.0932. The summed E-state index contributed by atoms with van der Waals surface area (Å²) in [6.07, 6.45) is 1.51. The zero-order chi connectivity index (χ0) is 9.68. The van der Waals surface area contributed by atoms with E-state index >= 15 is 0 Å². The lowest BCUT2D eigenvalue weighted by molar-refractivity contribution is -0.117. The molecule has 1 aliphatic heterocycles. The third-order valence-electron chi connectivity index (χ3n) is 1.45. The van der Waals surface area contributed by atoms with Crippen molar-refractivity contribution in [1.82, 2.24) is 5.32 Å². The first-order chi connectivity index (χ1) is 6.29. The van der Waals surface area contributed by atoms with Crippen molar-refractivity contribution in [2.24, 2.45) is 9.98 Å². The number of carbonyl (C=O) groups excluding carboxylic acids is 1. The Labute approximate surface area is 76.2 Å². The van der Waals surface area contributed by atoms with Gasteiger partial charge in [0.15, 0.2) is 5.70 Å². The van der Waals surface area contributed by atoms with E-state index < -0.39 is 0 Å². The van der Waals surface area contributed by atoms with Gasteiger partial charge in [-0.3, -0.25) is 9.79 Å². The van der Waals surface area contributed by atoms with E-state index in [0.717, 1.165) is 0 Å². The molecule has 0 aromatic rings. The molecule has 0 bridgehead atoms. The van der Waals surface area contributed by atoms with Crippen molar-refractivity contribution in [3.8, 4) is 0 Å². The Morgan fingerprint density at radius 3 is 3.08 bits per heavy atom. The van der Waals surface area contributed by atoms with Crippen LogP contribution in [-0.2, 0) is 9.53 Å². The first kappa shape index (κ1) is 9.44. The first-order valence-corrected chi connectivity index (χ1v) is 3.90. The van der Waals surface area contributed by atoms with Gasteiger partial charge in [0.2, 0.25) is 5.88 Å². The molecule has 0 unspecified atom stereocenters. The van der Waals surface area contributed by atoms with Crippen LogP contribution in [0.5, 0.6) is 0 Å². The van der Waals surface area contributed by atoms with Crippen LogP contribution in [0.25, 0.3) is 0 Å². The second-order valence-electron chi connectivity index (χ2n) is 2.30. The van der Waals surface area contributed by atoms with Crippen molar-refractivity contribution >= 4 is 18.8 Å². The van der Waals surface area contributed by atoms with Crippen LogP contribution in [-0.4, -0.2) is 32.0 Å². The van der Waals surface area contributed by atoms with Crippen molar-refractivity contribution in [1.29, 1.82) is 0 Å². The smallest absolute Gasteiger partial charge is 0.275 e. The fourth-order valence-electron chi connectivity index (χ4n) is 0.925. The van der Waals surface area contributed by atoms with Gasteiger partial charge in [0.25, 0.3) is 5.91 Å². The van der Waals surface area contributed by atoms with Crippen LogP contribution in [0.1, 0.15) is 6.92 Å². The zero-order valence-electron chi connectivity index (χ0n) is 7.41. The van der Waals surface area contributed by atoms with E-state index in [1.54, 1.807) is 6.92 Å². The Hall–Kier alpha value is -1.65. The van der Waals surface area contributed by atoms with Crippen molar-refractivity contribution in [2.75, 3.05) is 13.2 Å². The number of carbonyl (C=O) groups is 1. The minimum atomic E-state index is -0.280. The number of nitrogens with zero attached hydrogens (tertiary/aromatic N) is 2. The zero-order valence-corrected chi connectivity index (χ0v) is 7.41. The molecule has 0 spiro atoms. The Bertz CT molecular complexity index is 281. The number of nitrogens with one attached hydrogen (secondary N) is 1. The van der Waals surface area contributed by atoms with Gasteiger partial charge in [0, 0.05) is 6.21 Å². The Morgan fingerprint density at radius 2 is 2.46 bits per heavy atom. The van der Waals surface area contributed by atoms with Gasteiger partial charge in [0.1, 0.15) is 6.61 Å². The molecule has 1 rings (SSSR count). The SMILES string of the molecule is C=NC1=C(N=CC)C(=O)NCCO1. The van der Waals surface area contributed by atoms with Crippen molar-refractivity contribution in [2.45, 2.75) is 6.92 Å². The molecule has 1 aliphatic rings. The molecule has 70 valence electrons. The molecule has 0 aliphatic carbocycles. The average Bonchev–Trinajstić information content (AvgIpc) is 2.30. The van der Waals surface area contributed by atoms with E-state index in [9.17, 15) is 4.79 Å². The first-order valence-electron chi connectivity index (χ1n) is 3.90. The van der Waals surface area contributed by atoms with Crippen LogP contribution < -0.4 is 5.32 Å². The third kappa shape index (κ3) is 2.14. The summed E-state index contributed by atoms with van der Waals surface area (Å²) in [5.74, 6) is -0.0916. The number of amides is 1. The van der Waals surface area contributed by atoms with Gasteiger partial charge in [-0.1, -0.05) is 0 Å². The summed E-state index contributed by atoms with van der Waals surface area (Å²) in [6, 6.07) is 0. The molecule has 5 nitrogen and oxygen atoms in total. The molecule has 0 atom stereocenters. The standard InChI is InChI=1S/C8H11N3O2/c1-3-10-6-7(12)11-4-5-13-8(6)9-2/h3H,2,4-5H2,1H3,(H,11,12). The minimum absolute atomic E-state index is 0.176. The van der Waals surface area contributed by atoms with Crippen LogP contribution in [0.3, 0.4) is 0 Å².